The molecule has 2 aromatic carbocycles. The Hall–Kier alpha value is -4.06. The zero-order valence-corrected chi connectivity index (χ0v) is 18.2. The maximum Gasteiger partial charge on any atom is 0.265 e. The number of fused-ring (bicyclic) bond motifs is 2. The topological polar surface area (TPSA) is 7.76 Å². The van der Waals surface area contributed by atoms with Crippen LogP contribution in [-0.2, 0) is 13.1 Å². The number of aromatic nitrogens is 2. The number of aryl methyl sites for hydroxylation is 2. The highest BCUT2D eigenvalue weighted by Gasteiger charge is 2.16. The molecule has 0 unspecified atom stereocenters. The molecule has 154 valence electrons. The first-order valence-corrected chi connectivity index (χ1v) is 11.0. The van der Waals surface area contributed by atoms with Crippen molar-refractivity contribution < 1.29 is 9.13 Å². The van der Waals surface area contributed by atoms with E-state index in [1.54, 1.807) is 0 Å². The van der Waals surface area contributed by atoms with Crippen molar-refractivity contribution in [1.82, 2.24) is 0 Å². The number of terminal acetylenes is 2. The molecule has 4 aromatic rings. The van der Waals surface area contributed by atoms with E-state index in [-0.39, 0.29) is 0 Å². The van der Waals surface area contributed by atoms with E-state index in [1.807, 2.05) is 0 Å². The van der Waals surface area contributed by atoms with Gasteiger partial charge < -0.3 is 0 Å². The van der Waals surface area contributed by atoms with E-state index in [0.29, 0.717) is 6.42 Å². The second kappa shape index (κ2) is 10.3. The Kier molecular flexibility index (Phi) is 6.82. The second-order valence-corrected chi connectivity index (χ2v) is 7.76. The molecule has 0 aliphatic carbocycles. The van der Waals surface area contributed by atoms with Gasteiger partial charge in [0.25, 0.3) is 11.4 Å². The molecule has 2 heteroatoms. The molecule has 0 amide bonds. The summed E-state index contributed by atoms with van der Waals surface area (Å²) in [5, 5.41) is 4.67. The molecular formula is C30H26N2+2. The third kappa shape index (κ3) is 4.64. The summed E-state index contributed by atoms with van der Waals surface area (Å²) in [5.41, 5.74) is 2.02. The third-order valence-electron chi connectivity index (χ3n) is 5.64. The molecule has 0 fully saturated rings. The molecule has 2 aromatic heterocycles. The summed E-state index contributed by atoms with van der Waals surface area (Å²) in [6.07, 6.45) is 18.7. The van der Waals surface area contributed by atoms with E-state index in [2.05, 4.69) is 106 Å². The smallest absolute Gasteiger partial charge is 0.191 e. The Balaban J connectivity index is 1.84. The van der Waals surface area contributed by atoms with Crippen molar-refractivity contribution in [2.24, 2.45) is 0 Å². The summed E-state index contributed by atoms with van der Waals surface area (Å²) in [4.78, 5) is 0. The van der Waals surface area contributed by atoms with Gasteiger partial charge in [0.1, 0.15) is 6.54 Å². The van der Waals surface area contributed by atoms with Gasteiger partial charge in [-0.25, -0.2) is 0 Å². The number of nitrogens with zero attached hydrogens (tertiary/aromatic N) is 2. The molecule has 0 aliphatic heterocycles. The maximum atomic E-state index is 5.54. The van der Waals surface area contributed by atoms with E-state index in [1.165, 1.54) is 10.8 Å². The highest BCUT2D eigenvalue weighted by atomic mass is 15.0. The van der Waals surface area contributed by atoms with Gasteiger partial charge in [-0.05, 0) is 29.3 Å². The predicted octanol–water partition coefficient (Wildman–Crippen LogP) is 4.79. The summed E-state index contributed by atoms with van der Waals surface area (Å²) in [5.74, 6) is 12.5. The Morgan fingerprint density at radius 2 is 1.12 bits per heavy atom. The second-order valence-electron chi connectivity index (χ2n) is 7.76. The normalized spacial score (nSPS) is 10.3. The lowest BCUT2D eigenvalue weighted by molar-refractivity contribution is -0.698. The van der Waals surface area contributed by atoms with Crippen molar-refractivity contribution in [3.63, 3.8) is 0 Å². The van der Waals surface area contributed by atoms with Crippen molar-refractivity contribution in [3.05, 3.63) is 84.4 Å². The third-order valence-corrected chi connectivity index (χ3v) is 5.64. The van der Waals surface area contributed by atoms with Crippen LogP contribution in [0, 0.1) is 36.5 Å². The Morgan fingerprint density at radius 3 is 1.69 bits per heavy atom. The zero-order valence-electron chi connectivity index (χ0n) is 18.2. The number of pyridine rings is 2. The van der Waals surface area contributed by atoms with Gasteiger partial charge in [0.05, 0.1) is 17.2 Å². The molecule has 32 heavy (non-hydrogen) atoms. The van der Waals surface area contributed by atoms with Crippen LogP contribution < -0.4 is 9.13 Å². The van der Waals surface area contributed by atoms with Gasteiger partial charge in [0, 0.05) is 36.8 Å². The van der Waals surface area contributed by atoms with Crippen LogP contribution in [0.2, 0.25) is 0 Å². The van der Waals surface area contributed by atoms with Crippen molar-refractivity contribution in [2.45, 2.75) is 38.8 Å². The molecule has 0 aliphatic rings. The quantitative estimate of drug-likeness (QED) is 0.243. The highest BCUT2D eigenvalue weighted by Crippen LogP contribution is 2.17. The summed E-state index contributed by atoms with van der Waals surface area (Å²) >= 11 is 0. The fourth-order valence-electron chi connectivity index (χ4n) is 3.98. The Morgan fingerprint density at radius 1 is 0.594 bits per heavy atom. The lowest BCUT2D eigenvalue weighted by Gasteiger charge is -2.04. The van der Waals surface area contributed by atoms with Crippen LogP contribution in [0.4, 0.5) is 0 Å². The van der Waals surface area contributed by atoms with Crippen LogP contribution >= 0.6 is 0 Å². The van der Waals surface area contributed by atoms with Crippen molar-refractivity contribution in [3.8, 4) is 36.5 Å². The molecule has 0 bridgehead atoms. The van der Waals surface area contributed by atoms with E-state index in [0.717, 1.165) is 54.5 Å². The number of benzene rings is 2. The first-order valence-electron chi connectivity index (χ1n) is 11.0. The standard InChI is InChI=1S/C30H26N2/c1-3-5-7-12-22-32-24-20-26-14-9-11-16-28(26)30(32)18-17-29-27-15-10-8-13-25(27)19-23-31(29)21-6-4-2/h1-2,8-11,13-16,19-20,23-24H,5-7,12,21-22H2/q+2. The van der Waals surface area contributed by atoms with Crippen LogP contribution in [0.3, 0.4) is 0 Å². The number of unbranched alkanes of at least 4 members (excludes halogenated alkanes) is 2. The van der Waals surface area contributed by atoms with Crippen LogP contribution in [0.15, 0.2) is 73.1 Å². The summed E-state index contributed by atoms with van der Waals surface area (Å²) in [6.45, 7) is 1.64. The molecule has 0 atom stereocenters. The fraction of sp³-hybridized carbons (Fsp3) is 0.200. The monoisotopic (exact) mass is 414 g/mol. The fourth-order valence-corrected chi connectivity index (χ4v) is 3.98. The minimum absolute atomic E-state index is 0.668. The van der Waals surface area contributed by atoms with Crippen LogP contribution in [0.5, 0.6) is 0 Å². The molecule has 4 rings (SSSR count). The van der Waals surface area contributed by atoms with E-state index >= 15 is 0 Å². The predicted molar refractivity (Wildman–Crippen MR) is 130 cm³/mol. The number of rotatable bonds is 6. The average molecular weight is 415 g/mol. The van der Waals surface area contributed by atoms with Gasteiger partial charge in [0.2, 0.25) is 0 Å². The summed E-state index contributed by atoms with van der Waals surface area (Å²) in [7, 11) is 0. The van der Waals surface area contributed by atoms with Gasteiger partial charge in [-0.1, -0.05) is 36.4 Å². The minimum Gasteiger partial charge on any atom is -0.191 e. The Bertz CT molecular complexity index is 1400. The van der Waals surface area contributed by atoms with Crippen LogP contribution in [0.1, 0.15) is 37.1 Å². The highest BCUT2D eigenvalue weighted by molar-refractivity contribution is 5.87. The SMILES string of the molecule is C#CCCCC[n+]1ccc2ccccc2c1C#Cc1c2ccccc2cc[n+]1CCC#C. The Labute approximate surface area is 190 Å². The lowest BCUT2D eigenvalue weighted by Crippen LogP contribution is -2.38. The molecule has 2 heterocycles. The van der Waals surface area contributed by atoms with Gasteiger partial charge in [0.15, 0.2) is 18.9 Å². The molecular weight excluding hydrogens is 388 g/mol. The van der Waals surface area contributed by atoms with Crippen molar-refractivity contribution in [1.29, 1.82) is 0 Å². The van der Waals surface area contributed by atoms with Crippen molar-refractivity contribution >= 4 is 21.5 Å². The van der Waals surface area contributed by atoms with Gasteiger partial charge in [-0.3, -0.25) is 0 Å². The van der Waals surface area contributed by atoms with E-state index < -0.39 is 0 Å². The minimum atomic E-state index is 0.668. The first kappa shape index (κ1) is 21.2. The molecule has 0 saturated carbocycles. The molecule has 2 nitrogen and oxygen atoms in total. The maximum absolute atomic E-state index is 5.54. The lowest BCUT2D eigenvalue weighted by atomic mass is 10.1. The molecule has 0 radical (unpaired) electrons. The molecule has 0 N–H and O–H groups in total. The molecule has 0 saturated heterocycles. The van der Waals surface area contributed by atoms with Gasteiger partial charge in [-0.2, -0.15) is 9.13 Å². The van der Waals surface area contributed by atoms with E-state index in [4.69, 9.17) is 12.8 Å². The van der Waals surface area contributed by atoms with Crippen molar-refractivity contribution in [2.75, 3.05) is 0 Å². The first-order chi connectivity index (χ1) is 15.8. The van der Waals surface area contributed by atoms with Crippen LogP contribution in [0.25, 0.3) is 21.5 Å². The summed E-state index contributed by atoms with van der Waals surface area (Å²) < 4.78 is 4.42. The number of hydrogen-bond acceptors (Lipinski definition) is 0. The van der Waals surface area contributed by atoms with Gasteiger partial charge >= 0.3 is 0 Å². The largest absolute Gasteiger partial charge is 0.265 e. The molecule has 0 spiro atoms. The summed E-state index contributed by atoms with van der Waals surface area (Å²) in [6, 6.07) is 21.1. The van der Waals surface area contributed by atoms with E-state index in [9.17, 15) is 0 Å². The zero-order chi connectivity index (χ0) is 22.2. The number of hydrogen-bond donors (Lipinski definition) is 0. The average Bonchev–Trinajstić information content (AvgIpc) is 2.84. The van der Waals surface area contributed by atoms with Crippen LogP contribution in [-0.4, -0.2) is 0 Å². The van der Waals surface area contributed by atoms with Gasteiger partial charge in [-0.15, -0.1) is 24.7 Å².